The molecule has 2 atom stereocenters. The summed E-state index contributed by atoms with van der Waals surface area (Å²) in [7, 11) is 0. The van der Waals surface area contributed by atoms with Crippen molar-refractivity contribution >= 4 is 6.03 Å². The number of hydrogen-bond donors (Lipinski definition) is 2. The molecule has 1 heterocycles. The molecule has 1 saturated heterocycles. The molecule has 112 valence electrons. The predicted octanol–water partition coefficient (Wildman–Crippen LogP) is 1.60. The van der Waals surface area contributed by atoms with Gasteiger partial charge < -0.3 is 20.1 Å². The van der Waals surface area contributed by atoms with Crippen molar-refractivity contribution < 1.29 is 14.6 Å². The lowest BCUT2D eigenvalue weighted by Gasteiger charge is -2.36. The van der Waals surface area contributed by atoms with Crippen LogP contribution in [0.25, 0.3) is 0 Å². The molecular formula is C14H28N2O3. The summed E-state index contributed by atoms with van der Waals surface area (Å²) in [6.45, 7) is 10.1. The number of ether oxygens (including phenoxy) is 1. The van der Waals surface area contributed by atoms with Crippen molar-refractivity contribution in [2.45, 2.75) is 52.7 Å². The Hall–Kier alpha value is -0.810. The summed E-state index contributed by atoms with van der Waals surface area (Å²) in [6.07, 6.45) is 1.89. The molecule has 1 aliphatic heterocycles. The SMILES string of the molecule is CC1CN(C(=O)NCCCC(C)(C)CO)C(C)CO1. The average molecular weight is 272 g/mol. The van der Waals surface area contributed by atoms with Gasteiger partial charge in [-0.3, -0.25) is 0 Å². The summed E-state index contributed by atoms with van der Waals surface area (Å²) in [5, 5.41) is 12.1. The first-order valence-corrected chi connectivity index (χ1v) is 7.12. The molecule has 0 aromatic rings. The highest BCUT2D eigenvalue weighted by Gasteiger charge is 2.27. The Balaban J connectivity index is 2.27. The van der Waals surface area contributed by atoms with Gasteiger partial charge in [-0.25, -0.2) is 4.79 Å². The van der Waals surface area contributed by atoms with E-state index in [0.29, 0.717) is 19.7 Å². The standard InChI is InChI=1S/C14H28N2O3/c1-11-9-19-12(2)8-16(11)13(18)15-7-5-6-14(3,4)10-17/h11-12,17H,5-10H2,1-4H3,(H,15,18). The molecule has 2 amide bonds. The van der Waals surface area contributed by atoms with Crippen LogP contribution in [0, 0.1) is 5.41 Å². The van der Waals surface area contributed by atoms with Crippen LogP contribution in [0.1, 0.15) is 40.5 Å². The maximum atomic E-state index is 12.1. The van der Waals surface area contributed by atoms with Gasteiger partial charge in [0.1, 0.15) is 0 Å². The van der Waals surface area contributed by atoms with Crippen molar-refractivity contribution in [3.05, 3.63) is 0 Å². The predicted molar refractivity (Wildman–Crippen MR) is 75.1 cm³/mol. The maximum Gasteiger partial charge on any atom is 0.317 e. The first-order valence-electron chi connectivity index (χ1n) is 7.12. The zero-order valence-electron chi connectivity index (χ0n) is 12.6. The van der Waals surface area contributed by atoms with Crippen LogP contribution in [0.2, 0.25) is 0 Å². The molecule has 2 N–H and O–H groups in total. The van der Waals surface area contributed by atoms with E-state index in [-0.39, 0.29) is 30.2 Å². The molecule has 1 aliphatic rings. The third-order valence-electron chi connectivity index (χ3n) is 3.60. The highest BCUT2D eigenvalue weighted by Crippen LogP contribution is 2.20. The molecule has 5 nitrogen and oxygen atoms in total. The molecule has 0 spiro atoms. The third-order valence-corrected chi connectivity index (χ3v) is 3.60. The topological polar surface area (TPSA) is 61.8 Å². The van der Waals surface area contributed by atoms with Crippen LogP contribution in [0.15, 0.2) is 0 Å². The van der Waals surface area contributed by atoms with Crippen LogP contribution < -0.4 is 5.32 Å². The van der Waals surface area contributed by atoms with Crippen molar-refractivity contribution in [2.24, 2.45) is 5.41 Å². The van der Waals surface area contributed by atoms with E-state index < -0.39 is 0 Å². The molecule has 0 aliphatic carbocycles. The Morgan fingerprint density at radius 1 is 1.47 bits per heavy atom. The molecule has 0 aromatic heterocycles. The first-order chi connectivity index (χ1) is 8.85. The minimum atomic E-state index is -0.0640. The van der Waals surface area contributed by atoms with Crippen LogP contribution in [-0.4, -0.2) is 54.5 Å². The second-order valence-electron chi connectivity index (χ2n) is 6.30. The smallest absolute Gasteiger partial charge is 0.317 e. The van der Waals surface area contributed by atoms with Gasteiger partial charge in [0.25, 0.3) is 0 Å². The van der Waals surface area contributed by atoms with Gasteiger partial charge in [0, 0.05) is 19.7 Å². The highest BCUT2D eigenvalue weighted by molar-refractivity contribution is 5.74. The zero-order valence-corrected chi connectivity index (χ0v) is 12.6. The largest absolute Gasteiger partial charge is 0.396 e. The summed E-state index contributed by atoms with van der Waals surface area (Å²) in [5.74, 6) is 0. The highest BCUT2D eigenvalue weighted by atomic mass is 16.5. The number of rotatable bonds is 5. The Bertz CT molecular complexity index is 294. The number of morpholine rings is 1. The molecule has 5 heteroatoms. The van der Waals surface area contributed by atoms with E-state index in [0.717, 1.165) is 12.8 Å². The van der Waals surface area contributed by atoms with Crippen LogP contribution in [-0.2, 0) is 4.74 Å². The van der Waals surface area contributed by atoms with E-state index in [1.54, 1.807) is 0 Å². The van der Waals surface area contributed by atoms with Gasteiger partial charge in [0.15, 0.2) is 0 Å². The van der Waals surface area contributed by atoms with Crippen molar-refractivity contribution in [3.8, 4) is 0 Å². The number of carbonyl (C=O) groups is 1. The summed E-state index contributed by atoms with van der Waals surface area (Å²) in [5.41, 5.74) is -0.0640. The summed E-state index contributed by atoms with van der Waals surface area (Å²) in [4.78, 5) is 13.9. The van der Waals surface area contributed by atoms with Crippen LogP contribution in [0.4, 0.5) is 4.79 Å². The van der Waals surface area contributed by atoms with Crippen molar-refractivity contribution in [1.82, 2.24) is 10.2 Å². The Labute approximate surface area is 116 Å². The lowest BCUT2D eigenvalue weighted by Crippen LogP contribution is -2.53. The van der Waals surface area contributed by atoms with Crippen molar-refractivity contribution in [1.29, 1.82) is 0 Å². The van der Waals surface area contributed by atoms with Crippen LogP contribution >= 0.6 is 0 Å². The second kappa shape index (κ2) is 7.10. The Morgan fingerprint density at radius 3 is 2.79 bits per heavy atom. The number of urea groups is 1. The van der Waals surface area contributed by atoms with Gasteiger partial charge in [-0.1, -0.05) is 13.8 Å². The summed E-state index contributed by atoms with van der Waals surface area (Å²) >= 11 is 0. The van der Waals surface area contributed by atoms with E-state index in [4.69, 9.17) is 9.84 Å². The van der Waals surface area contributed by atoms with Crippen LogP contribution in [0.5, 0.6) is 0 Å². The minimum Gasteiger partial charge on any atom is -0.396 e. The number of aliphatic hydroxyl groups is 1. The molecule has 1 fully saturated rings. The fraction of sp³-hybridized carbons (Fsp3) is 0.929. The molecule has 19 heavy (non-hydrogen) atoms. The normalized spacial score (nSPS) is 24.4. The Morgan fingerprint density at radius 2 is 2.16 bits per heavy atom. The third kappa shape index (κ3) is 5.37. The molecule has 0 saturated carbocycles. The molecule has 1 rings (SSSR count). The van der Waals surface area contributed by atoms with E-state index in [9.17, 15) is 4.79 Å². The number of carbonyl (C=O) groups excluding carboxylic acids is 1. The number of nitrogens with one attached hydrogen (secondary N) is 1. The van der Waals surface area contributed by atoms with Crippen molar-refractivity contribution in [2.75, 3.05) is 26.3 Å². The number of aliphatic hydroxyl groups excluding tert-OH is 1. The van der Waals surface area contributed by atoms with E-state index in [1.165, 1.54) is 0 Å². The van der Waals surface area contributed by atoms with Crippen LogP contribution in [0.3, 0.4) is 0 Å². The van der Waals surface area contributed by atoms with E-state index in [2.05, 4.69) is 5.32 Å². The van der Waals surface area contributed by atoms with Gasteiger partial charge in [-0.15, -0.1) is 0 Å². The van der Waals surface area contributed by atoms with Crippen molar-refractivity contribution in [3.63, 3.8) is 0 Å². The fourth-order valence-corrected chi connectivity index (χ4v) is 2.13. The van der Waals surface area contributed by atoms with Gasteiger partial charge in [-0.2, -0.15) is 0 Å². The van der Waals surface area contributed by atoms with Gasteiger partial charge in [0.2, 0.25) is 0 Å². The lowest BCUT2D eigenvalue weighted by molar-refractivity contribution is -0.0317. The Kier molecular flexibility index (Phi) is 6.07. The number of amides is 2. The molecule has 0 bridgehead atoms. The van der Waals surface area contributed by atoms with E-state index in [1.807, 2.05) is 32.6 Å². The quantitative estimate of drug-likeness (QED) is 0.747. The number of hydrogen-bond acceptors (Lipinski definition) is 3. The van der Waals surface area contributed by atoms with Gasteiger partial charge >= 0.3 is 6.03 Å². The first kappa shape index (κ1) is 16.2. The minimum absolute atomic E-state index is 0.00976. The lowest BCUT2D eigenvalue weighted by atomic mass is 9.89. The zero-order chi connectivity index (χ0) is 14.5. The number of nitrogens with zero attached hydrogens (tertiary/aromatic N) is 1. The monoisotopic (exact) mass is 272 g/mol. The maximum absolute atomic E-state index is 12.1. The second-order valence-corrected chi connectivity index (χ2v) is 6.30. The molecule has 0 aromatic carbocycles. The fourth-order valence-electron chi connectivity index (χ4n) is 2.13. The van der Waals surface area contributed by atoms with Gasteiger partial charge in [-0.05, 0) is 32.1 Å². The summed E-state index contributed by atoms with van der Waals surface area (Å²) < 4.78 is 5.51. The summed E-state index contributed by atoms with van der Waals surface area (Å²) in [6, 6.07) is 0.120. The molecule has 0 radical (unpaired) electrons. The van der Waals surface area contributed by atoms with E-state index >= 15 is 0 Å². The molecular weight excluding hydrogens is 244 g/mol. The molecule has 2 unspecified atom stereocenters. The average Bonchev–Trinajstić information content (AvgIpc) is 2.37. The van der Waals surface area contributed by atoms with Gasteiger partial charge in [0.05, 0.1) is 18.8 Å².